The largest absolute Gasteiger partial charge is 0.477 e. The Balaban J connectivity index is 1.97. The number of nitrogens with zero attached hydrogens (tertiary/aromatic N) is 2. The van der Waals surface area contributed by atoms with Gasteiger partial charge in [-0.3, -0.25) is 0 Å². The van der Waals surface area contributed by atoms with Crippen molar-refractivity contribution in [1.29, 1.82) is 0 Å². The Morgan fingerprint density at radius 1 is 1.33 bits per heavy atom. The zero-order valence-corrected chi connectivity index (χ0v) is 9.33. The molecule has 0 aliphatic carbocycles. The van der Waals surface area contributed by atoms with E-state index in [0.29, 0.717) is 31.3 Å². The van der Waals surface area contributed by atoms with Gasteiger partial charge in [0.1, 0.15) is 0 Å². The van der Waals surface area contributed by atoms with Crippen LogP contribution in [-0.4, -0.2) is 40.9 Å². The van der Waals surface area contributed by atoms with Gasteiger partial charge in [0.25, 0.3) is 0 Å². The third-order valence-corrected chi connectivity index (χ3v) is 2.58. The maximum Gasteiger partial charge on any atom is 0.354 e. The summed E-state index contributed by atoms with van der Waals surface area (Å²) in [5.74, 6) is -0.738. The van der Waals surface area contributed by atoms with Gasteiger partial charge in [-0.2, -0.15) is 4.98 Å². The molecule has 1 aliphatic rings. The standard InChI is InChI=1S/C11H10N2O5/c14-11(15)6-1-2-7-9(12-6)13-10(18-7)8-5-16-3-4-17-8/h1-2,8H,3-5H2,(H,14,15). The number of carboxylic acid groups (broad SMARTS) is 1. The van der Waals surface area contributed by atoms with Crippen LogP contribution < -0.4 is 0 Å². The molecule has 7 heteroatoms. The summed E-state index contributed by atoms with van der Waals surface area (Å²) >= 11 is 0. The summed E-state index contributed by atoms with van der Waals surface area (Å²) in [6.07, 6.45) is -0.360. The molecule has 0 spiro atoms. The van der Waals surface area contributed by atoms with Gasteiger partial charge < -0.3 is 19.0 Å². The lowest BCUT2D eigenvalue weighted by atomic mass is 10.3. The van der Waals surface area contributed by atoms with Gasteiger partial charge in [-0.25, -0.2) is 9.78 Å². The van der Waals surface area contributed by atoms with Crippen LogP contribution in [0.15, 0.2) is 16.5 Å². The minimum Gasteiger partial charge on any atom is -0.477 e. The lowest BCUT2D eigenvalue weighted by Crippen LogP contribution is -2.22. The van der Waals surface area contributed by atoms with E-state index >= 15 is 0 Å². The van der Waals surface area contributed by atoms with Crippen molar-refractivity contribution in [1.82, 2.24) is 9.97 Å². The minimum atomic E-state index is -1.10. The summed E-state index contributed by atoms with van der Waals surface area (Å²) in [5.41, 5.74) is 0.631. The average Bonchev–Trinajstić information content (AvgIpc) is 2.82. The van der Waals surface area contributed by atoms with Crippen LogP contribution in [0, 0.1) is 0 Å². The van der Waals surface area contributed by atoms with E-state index in [-0.39, 0.29) is 17.4 Å². The van der Waals surface area contributed by atoms with E-state index < -0.39 is 5.97 Å². The van der Waals surface area contributed by atoms with Gasteiger partial charge in [0.2, 0.25) is 5.89 Å². The van der Waals surface area contributed by atoms with Crippen molar-refractivity contribution in [3.63, 3.8) is 0 Å². The van der Waals surface area contributed by atoms with E-state index in [9.17, 15) is 4.79 Å². The Bertz CT molecular complexity index is 588. The second kappa shape index (κ2) is 4.35. The van der Waals surface area contributed by atoms with Crippen molar-refractivity contribution in [3.8, 4) is 0 Å². The summed E-state index contributed by atoms with van der Waals surface area (Å²) < 4.78 is 16.2. The third-order valence-electron chi connectivity index (χ3n) is 2.58. The van der Waals surface area contributed by atoms with Crippen LogP contribution in [0.3, 0.4) is 0 Å². The highest BCUT2D eigenvalue weighted by atomic mass is 16.6. The first kappa shape index (κ1) is 11.1. The van der Waals surface area contributed by atoms with Crippen LogP contribution >= 0.6 is 0 Å². The number of hydrogen-bond donors (Lipinski definition) is 1. The molecule has 94 valence electrons. The molecule has 3 rings (SSSR count). The normalized spacial score (nSPS) is 20.1. The maximum absolute atomic E-state index is 10.8. The fourth-order valence-corrected chi connectivity index (χ4v) is 1.72. The molecule has 0 aromatic carbocycles. The Morgan fingerprint density at radius 2 is 2.22 bits per heavy atom. The summed E-state index contributed by atoms with van der Waals surface area (Å²) in [5, 5.41) is 8.83. The number of carboxylic acids is 1. The van der Waals surface area contributed by atoms with Crippen LogP contribution in [0.1, 0.15) is 22.5 Å². The second-order valence-corrected chi connectivity index (χ2v) is 3.81. The monoisotopic (exact) mass is 250 g/mol. The highest BCUT2D eigenvalue weighted by molar-refractivity contribution is 5.87. The summed E-state index contributed by atoms with van der Waals surface area (Å²) in [6.45, 7) is 1.41. The van der Waals surface area contributed by atoms with E-state index in [0.717, 1.165) is 0 Å². The number of hydrogen-bond acceptors (Lipinski definition) is 6. The highest BCUT2D eigenvalue weighted by Crippen LogP contribution is 2.23. The molecule has 0 saturated carbocycles. The van der Waals surface area contributed by atoms with Crippen molar-refractivity contribution in [2.75, 3.05) is 19.8 Å². The fourth-order valence-electron chi connectivity index (χ4n) is 1.72. The highest BCUT2D eigenvalue weighted by Gasteiger charge is 2.23. The number of fused-ring (bicyclic) bond motifs is 1. The lowest BCUT2D eigenvalue weighted by molar-refractivity contribution is -0.0991. The van der Waals surface area contributed by atoms with Crippen LogP contribution in [-0.2, 0) is 9.47 Å². The first-order chi connectivity index (χ1) is 8.74. The van der Waals surface area contributed by atoms with E-state index in [4.69, 9.17) is 19.0 Å². The number of pyridine rings is 1. The molecule has 3 heterocycles. The number of rotatable bonds is 2. The Kier molecular flexibility index (Phi) is 2.69. The Morgan fingerprint density at radius 3 is 2.94 bits per heavy atom. The fraction of sp³-hybridized carbons (Fsp3) is 0.364. The molecule has 2 aromatic rings. The number of carbonyl (C=O) groups is 1. The first-order valence-corrected chi connectivity index (χ1v) is 5.44. The van der Waals surface area contributed by atoms with E-state index in [1.54, 1.807) is 0 Å². The van der Waals surface area contributed by atoms with Crippen molar-refractivity contribution in [2.45, 2.75) is 6.10 Å². The van der Waals surface area contributed by atoms with E-state index in [1.807, 2.05) is 0 Å². The molecule has 0 bridgehead atoms. The van der Waals surface area contributed by atoms with Gasteiger partial charge in [0, 0.05) is 0 Å². The molecular formula is C11H10N2O5. The van der Waals surface area contributed by atoms with Gasteiger partial charge in [0.05, 0.1) is 19.8 Å². The SMILES string of the molecule is O=C(O)c1ccc2oc(C3COCCO3)nc2n1. The van der Waals surface area contributed by atoms with Crippen LogP contribution in [0.25, 0.3) is 11.2 Å². The van der Waals surface area contributed by atoms with Crippen molar-refractivity contribution >= 4 is 17.2 Å². The zero-order chi connectivity index (χ0) is 12.5. The Hall–Kier alpha value is -1.99. The third kappa shape index (κ3) is 1.93. The molecule has 0 radical (unpaired) electrons. The second-order valence-electron chi connectivity index (χ2n) is 3.81. The maximum atomic E-state index is 10.8. The summed E-state index contributed by atoms with van der Waals surface area (Å²) in [7, 11) is 0. The number of aromatic nitrogens is 2. The number of oxazole rings is 1. The summed E-state index contributed by atoms with van der Waals surface area (Å²) in [6, 6.07) is 2.91. The van der Waals surface area contributed by atoms with Crippen molar-refractivity contribution in [2.24, 2.45) is 0 Å². The molecule has 1 fully saturated rings. The van der Waals surface area contributed by atoms with Gasteiger partial charge in [-0.05, 0) is 12.1 Å². The van der Waals surface area contributed by atoms with Crippen molar-refractivity contribution < 1.29 is 23.8 Å². The molecule has 1 N–H and O–H groups in total. The smallest absolute Gasteiger partial charge is 0.354 e. The molecule has 1 atom stereocenters. The van der Waals surface area contributed by atoms with Gasteiger partial charge in [-0.15, -0.1) is 0 Å². The molecule has 18 heavy (non-hydrogen) atoms. The van der Waals surface area contributed by atoms with Gasteiger partial charge >= 0.3 is 5.97 Å². The molecule has 2 aromatic heterocycles. The predicted molar refractivity (Wildman–Crippen MR) is 58.3 cm³/mol. The van der Waals surface area contributed by atoms with Crippen LogP contribution in [0.5, 0.6) is 0 Å². The molecule has 1 aliphatic heterocycles. The quantitative estimate of drug-likeness (QED) is 0.849. The van der Waals surface area contributed by atoms with Gasteiger partial charge in [0.15, 0.2) is 23.0 Å². The zero-order valence-electron chi connectivity index (χ0n) is 9.33. The van der Waals surface area contributed by atoms with E-state index in [2.05, 4.69) is 9.97 Å². The number of ether oxygens (including phenoxy) is 2. The topological polar surface area (TPSA) is 94.7 Å². The molecule has 0 amide bonds. The van der Waals surface area contributed by atoms with Crippen LogP contribution in [0.2, 0.25) is 0 Å². The average molecular weight is 250 g/mol. The summed E-state index contributed by atoms with van der Waals surface area (Å²) in [4.78, 5) is 18.8. The Labute approximate surface area is 101 Å². The minimum absolute atomic E-state index is 0.0665. The van der Waals surface area contributed by atoms with Crippen molar-refractivity contribution in [3.05, 3.63) is 23.7 Å². The van der Waals surface area contributed by atoms with Gasteiger partial charge in [-0.1, -0.05) is 0 Å². The molecule has 1 unspecified atom stereocenters. The molecule has 1 saturated heterocycles. The van der Waals surface area contributed by atoms with E-state index in [1.165, 1.54) is 12.1 Å². The number of aromatic carboxylic acids is 1. The first-order valence-electron chi connectivity index (χ1n) is 5.44. The lowest BCUT2D eigenvalue weighted by Gasteiger charge is -2.19. The van der Waals surface area contributed by atoms with Crippen LogP contribution in [0.4, 0.5) is 0 Å². The molecular weight excluding hydrogens is 240 g/mol. The predicted octanol–water partition coefficient (Wildman–Crippen LogP) is 1.01. The molecule has 7 nitrogen and oxygen atoms in total.